The van der Waals surface area contributed by atoms with Gasteiger partial charge in [0.1, 0.15) is 17.1 Å². The molecular weight excluding hydrogens is 407 g/mol. The number of fused-ring (bicyclic) bond motifs is 1. The number of hydrogen-bond acceptors (Lipinski definition) is 3. The minimum atomic E-state index is -1.12. The Morgan fingerprint density at radius 1 is 1.22 bits per heavy atom. The number of carbonyl (C=O) groups is 2. The molecule has 1 saturated carbocycles. The van der Waals surface area contributed by atoms with Crippen molar-refractivity contribution in [1.29, 1.82) is 0 Å². The van der Waals surface area contributed by atoms with Crippen LogP contribution >= 0.6 is 0 Å². The SMILES string of the molecule is CC(C)c1cc2n(n1)CC(C)(C(=O)NC1CCCCCC1)N(Cc1cccc(F)c1)C2=O. The first-order valence-corrected chi connectivity index (χ1v) is 11.7. The van der Waals surface area contributed by atoms with Gasteiger partial charge in [0.05, 0.1) is 12.2 Å². The zero-order valence-electron chi connectivity index (χ0n) is 19.2. The Labute approximate surface area is 189 Å². The van der Waals surface area contributed by atoms with Crippen molar-refractivity contribution >= 4 is 11.8 Å². The van der Waals surface area contributed by atoms with Crippen molar-refractivity contribution in [3.63, 3.8) is 0 Å². The first kappa shape index (κ1) is 22.5. The molecular formula is C25H33FN4O2. The molecule has 0 saturated heterocycles. The molecule has 32 heavy (non-hydrogen) atoms. The van der Waals surface area contributed by atoms with Gasteiger partial charge in [0.2, 0.25) is 5.91 Å². The summed E-state index contributed by atoms with van der Waals surface area (Å²) in [4.78, 5) is 28.8. The quantitative estimate of drug-likeness (QED) is 0.701. The molecule has 0 radical (unpaired) electrons. The molecule has 2 aromatic rings. The van der Waals surface area contributed by atoms with Crippen molar-refractivity contribution in [3.05, 3.63) is 53.1 Å². The number of nitrogens with one attached hydrogen (secondary N) is 1. The average Bonchev–Trinajstić information content (AvgIpc) is 3.00. The van der Waals surface area contributed by atoms with Gasteiger partial charge in [-0.1, -0.05) is 51.7 Å². The van der Waals surface area contributed by atoms with Gasteiger partial charge in [0.15, 0.2) is 0 Å². The number of benzene rings is 1. The van der Waals surface area contributed by atoms with Gasteiger partial charge in [0, 0.05) is 12.6 Å². The van der Waals surface area contributed by atoms with Crippen LogP contribution in [0.1, 0.15) is 87.0 Å². The van der Waals surface area contributed by atoms with E-state index in [-0.39, 0.29) is 42.7 Å². The van der Waals surface area contributed by atoms with Gasteiger partial charge in [-0.2, -0.15) is 5.10 Å². The van der Waals surface area contributed by atoms with Gasteiger partial charge in [-0.05, 0) is 49.4 Å². The number of hydrogen-bond donors (Lipinski definition) is 1. The molecule has 172 valence electrons. The predicted molar refractivity (Wildman–Crippen MR) is 121 cm³/mol. The fourth-order valence-electron chi connectivity index (χ4n) is 4.77. The molecule has 1 N–H and O–H groups in total. The van der Waals surface area contributed by atoms with Crippen LogP contribution in [0, 0.1) is 5.82 Å². The zero-order valence-corrected chi connectivity index (χ0v) is 19.2. The molecule has 6 nitrogen and oxygen atoms in total. The summed E-state index contributed by atoms with van der Waals surface area (Å²) >= 11 is 0. The highest BCUT2D eigenvalue weighted by Crippen LogP contribution is 2.31. The Morgan fingerprint density at radius 3 is 2.59 bits per heavy atom. The van der Waals surface area contributed by atoms with E-state index in [4.69, 9.17) is 0 Å². The molecule has 1 unspecified atom stereocenters. The van der Waals surface area contributed by atoms with Gasteiger partial charge in [-0.25, -0.2) is 4.39 Å². The number of amides is 2. The highest BCUT2D eigenvalue weighted by molar-refractivity contribution is 5.99. The van der Waals surface area contributed by atoms with E-state index in [0.717, 1.165) is 31.4 Å². The Kier molecular flexibility index (Phi) is 6.35. The van der Waals surface area contributed by atoms with Gasteiger partial charge < -0.3 is 10.2 Å². The van der Waals surface area contributed by atoms with E-state index in [0.29, 0.717) is 11.3 Å². The molecule has 1 fully saturated rings. The standard InChI is InChI=1S/C25H33FN4O2/c1-17(2)21-14-22-23(31)29(15-18-9-8-10-19(26)13-18)25(3,16-30(22)28-21)24(32)27-20-11-6-4-5-7-12-20/h8-10,13-14,17,20H,4-7,11-12,15-16H2,1-3H3,(H,27,32). The van der Waals surface area contributed by atoms with E-state index in [9.17, 15) is 14.0 Å². The van der Waals surface area contributed by atoms with Crippen molar-refractivity contribution < 1.29 is 14.0 Å². The maximum atomic E-state index is 13.9. The molecule has 4 rings (SSSR count). The number of carbonyl (C=O) groups excluding carboxylic acids is 2. The van der Waals surface area contributed by atoms with E-state index in [2.05, 4.69) is 10.4 Å². The summed E-state index contributed by atoms with van der Waals surface area (Å²) in [5, 5.41) is 7.85. The Bertz CT molecular complexity index is 994. The van der Waals surface area contributed by atoms with Crippen LogP contribution in [0.2, 0.25) is 0 Å². The monoisotopic (exact) mass is 440 g/mol. The molecule has 2 heterocycles. The van der Waals surface area contributed by atoms with Crippen LogP contribution < -0.4 is 5.32 Å². The van der Waals surface area contributed by atoms with E-state index in [1.807, 2.05) is 19.9 Å². The first-order valence-electron chi connectivity index (χ1n) is 11.7. The largest absolute Gasteiger partial charge is 0.351 e. The summed E-state index contributed by atoms with van der Waals surface area (Å²) in [6.07, 6.45) is 6.53. The van der Waals surface area contributed by atoms with Crippen molar-refractivity contribution in [1.82, 2.24) is 20.0 Å². The van der Waals surface area contributed by atoms with E-state index in [1.54, 1.807) is 28.6 Å². The van der Waals surface area contributed by atoms with Gasteiger partial charge in [-0.15, -0.1) is 0 Å². The van der Waals surface area contributed by atoms with E-state index >= 15 is 0 Å². The van der Waals surface area contributed by atoms with E-state index in [1.165, 1.54) is 25.0 Å². The molecule has 7 heteroatoms. The Hall–Kier alpha value is -2.70. The fraction of sp³-hybridized carbons (Fsp3) is 0.560. The summed E-state index contributed by atoms with van der Waals surface area (Å²) in [5.41, 5.74) is 0.837. The van der Waals surface area contributed by atoms with Crippen LogP contribution in [0.3, 0.4) is 0 Å². The highest BCUT2D eigenvalue weighted by Gasteiger charge is 2.48. The van der Waals surface area contributed by atoms with Crippen LogP contribution in [0.4, 0.5) is 4.39 Å². The zero-order chi connectivity index (χ0) is 22.9. The molecule has 1 aliphatic carbocycles. The number of nitrogens with zero attached hydrogens (tertiary/aromatic N) is 3. The lowest BCUT2D eigenvalue weighted by atomic mass is 9.93. The average molecular weight is 441 g/mol. The highest BCUT2D eigenvalue weighted by atomic mass is 19.1. The van der Waals surface area contributed by atoms with Gasteiger partial charge in [0.25, 0.3) is 5.91 Å². The number of rotatable bonds is 5. The van der Waals surface area contributed by atoms with Crippen molar-refractivity contribution in [2.24, 2.45) is 0 Å². The summed E-state index contributed by atoms with van der Waals surface area (Å²) in [6, 6.07) is 8.15. The molecule has 2 amide bonds. The number of aromatic nitrogens is 2. The maximum absolute atomic E-state index is 13.9. The predicted octanol–water partition coefficient (Wildman–Crippen LogP) is 4.40. The Balaban J connectivity index is 1.68. The third-order valence-corrected chi connectivity index (χ3v) is 6.82. The Morgan fingerprint density at radius 2 is 1.94 bits per heavy atom. The lowest BCUT2D eigenvalue weighted by Gasteiger charge is -2.44. The molecule has 1 aromatic carbocycles. The second kappa shape index (κ2) is 9.04. The van der Waals surface area contributed by atoms with Gasteiger partial charge in [-0.3, -0.25) is 14.3 Å². The van der Waals surface area contributed by atoms with Crippen molar-refractivity contribution in [3.8, 4) is 0 Å². The topological polar surface area (TPSA) is 67.2 Å². The smallest absolute Gasteiger partial charge is 0.273 e. The second-order valence-electron chi connectivity index (χ2n) is 9.72. The normalized spacial score (nSPS) is 22.0. The summed E-state index contributed by atoms with van der Waals surface area (Å²) in [6.45, 7) is 6.29. The molecule has 1 aromatic heterocycles. The first-order chi connectivity index (χ1) is 15.3. The van der Waals surface area contributed by atoms with E-state index < -0.39 is 5.54 Å². The molecule has 0 spiro atoms. The third-order valence-electron chi connectivity index (χ3n) is 6.82. The van der Waals surface area contributed by atoms with Crippen molar-refractivity contribution in [2.45, 2.75) is 89.9 Å². The van der Waals surface area contributed by atoms with Crippen LogP contribution in [-0.2, 0) is 17.9 Å². The number of halogens is 1. The fourth-order valence-corrected chi connectivity index (χ4v) is 4.77. The lowest BCUT2D eigenvalue weighted by Crippen LogP contribution is -2.64. The minimum absolute atomic E-state index is 0.123. The lowest BCUT2D eigenvalue weighted by molar-refractivity contribution is -0.134. The van der Waals surface area contributed by atoms with Crippen molar-refractivity contribution in [2.75, 3.05) is 0 Å². The summed E-state index contributed by atoms with van der Waals surface area (Å²) in [5.74, 6) is -0.604. The summed E-state index contributed by atoms with van der Waals surface area (Å²) < 4.78 is 15.5. The third kappa shape index (κ3) is 4.43. The van der Waals surface area contributed by atoms with Gasteiger partial charge >= 0.3 is 0 Å². The molecule has 0 bridgehead atoms. The molecule has 2 aliphatic rings. The molecule has 1 aliphatic heterocycles. The minimum Gasteiger partial charge on any atom is -0.351 e. The van der Waals surface area contributed by atoms with Crippen LogP contribution in [0.15, 0.2) is 30.3 Å². The van der Waals surface area contributed by atoms with Crippen LogP contribution in [0.25, 0.3) is 0 Å². The van der Waals surface area contributed by atoms with Crippen LogP contribution in [0.5, 0.6) is 0 Å². The second-order valence-corrected chi connectivity index (χ2v) is 9.72. The maximum Gasteiger partial charge on any atom is 0.273 e. The molecule has 1 atom stereocenters. The summed E-state index contributed by atoms with van der Waals surface area (Å²) in [7, 11) is 0. The van der Waals surface area contributed by atoms with Crippen LogP contribution in [-0.4, -0.2) is 38.1 Å².